The third kappa shape index (κ3) is 5.31. The summed E-state index contributed by atoms with van der Waals surface area (Å²) in [6, 6.07) is 12.6. The van der Waals surface area contributed by atoms with Crippen molar-refractivity contribution in [3.63, 3.8) is 0 Å². The minimum atomic E-state index is -3.49. The van der Waals surface area contributed by atoms with E-state index in [4.69, 9.17) is 25.8 Å². The second-order valence-corrected chi connectivity index (χ2v) is 10.5. The lowest BCUT2D eigenvalue weighted by atomic mass is 10.1. The van der Waals surface area contributed by atoms with Crippen molar-refractivity contribution in [2.24, 2.45) is 0 Å². The molecule has 1 aliphatic rings. The smallest absolute Gasteiger partial charge is 0.157 e. The van der Waals surface area contributed by atoms with Gasteiger partial charge >= 0.3 is 0 Å². The van der Waals surface area contributed by atoms with Crippen LogP contribution in [0.15, 0.2) is 42.5 Å². The van der Waals surface area contributed by atoms with Crippen molar-refractivity contribution in [1.29, 1.82) is 0 Å². The first-order chi connectivity index (χ1) is 15.9. The van der Waals surface area contributed by atoms with Crippen molar-refractivity contribution >= 4 is 21.4 Å². The van der Waals surface area contributed by atoms with Crippen molar-refractivity contribution in [3.8, 4) is 17.2 Å². The van der Waals surface area contributed by atoms with Gasteiger partial charge in [-0.2, -0.15) is 0 Å². The number of para-hydroxylation sites is 1. The van der Waals surface area contributed by atoms with Crippen molar-refractivity contribution < 1.29 is 22.6 Å². The van der Waals surface area contributed by atoms with E-state index >= 15 is 0 Å². The molecule has 8 nitrogen and oxygen atoms in total. The van der Waals surface area contributed by atoms with Crippen LogP contribution in [0, 0.1) is 0 Å². The van der Waals surface area contributed by atoms with Gasteiger partial charge in [0.2, 0.25) is 0 Å². The monoisotopic (exact) mass is 491 g/mol. The lowest BCUT2D eigenvalue weighted by Crippen LogP contribution is -2.17. The fourth-order valence-corrected chi connectivity index (χ4v) is 5.31. The fourth-order valence-electron chi connectivity index (χ4n) is 3.92. The van der Waals surface area contributed by atoms with Gasteiger partial charge in [-0.3, -0.25) is 4.57 Å². The molecule has 0 radical (unpaired) electrons. The minimum Gasteiger partial charge on any atom is -0.494 e. The minimum absolute atomic E-state index is 0.00219. The van der Waals surface area contributed by atoms with Gasteiger partial charge in [0.05, 0.1) is 26.6 Å². The summed E-state index contributed by atoms with van der Waals surface area (Å²) in [5.74, 6) is 1.74. The van der Waals surface area contributed by atoms with E-state index in [2.05, 4.69) is 10.2 Å². The Bertz CT molecular complexity index is 1180. The molecule has 0 aliphatic carbocycles. The Morgan fingerprint density at radius 1 is 1.09 bits per heavy atom. The molecule has 1 fully saturated rings. The molecule has 10 heteroatoms. The molecular weight excluding hydrogens is 466 g/mol. The maximum atomic E-state index is 13.1. The SMILES string of the molecule is COc1cccc(OC)c1-n1c(CS(=O)(=O)CCc2ccc(Cl)cc2)nnc1[C@H]1CCOC1. The molecule has 1 aliphatic heterocycles. The largest absolute Gasteiger partial charge is 0.494 e. The van der Waals surface area contributed by atoms with Crippen LogP contribution < -0.4 is 9.47 Å². The Morgan fingerprint density at radius 2 is 1.79 bits per heavy atom. The van der Waals surface area contributed by atoms with Crippen molar-refractivity contribution in [2.45, 2.75) is 24.5 Å². The van der Waals surface area contributed by atoms with Gasteiger partial charge in [0.15, 0.2) is 15.7 Å². The first kappa shape index (κ1) is 23.5. The lowest BCUT2D eigenvalue weighted by Gasteiger charge is -2.19. The maximum Gasteiger partial charge on any atom is 0.157 e. The molecular formula is C23H26ClN3O5S. The summed E-state index contributed by atoms with van der Waals surface area (Å²) in [6.07, 6.45) is 1.16. The fraction of sp³-hybridized carbons (Fsp3) is 0.391. The predicted octanol–water partition coefficient (Wildman–Crippen LogP) is 3.60. The predicted molar refractivity (Wildman–Crippen MR) is 125 cm³/mol. The van der Waals surface area contributed by atoms with Crippen LogP contribution in [-0.4, -0.2) is 56.4 Å². The normalized spacial score (nSPS) is 16.2. The Kier molecular flexibility index (Phi) is 7.21. The molecule has 0 N–H and O–H groups in total. The second-order valence-electron chi connectivity index (χ2n) is 7.85. The molecule has 176 valence electrons. The highest BCUT2D eigenvalue weighted by Crippen LogP contribution is 2.37. The number of aromatic nitrogens is 3. The molecule has 1 saturated heterocycles. The average Bonchev–Trinajstić information content (AvgIpc) is 3.48. The Hall–Kier alpha value is -2.62. The standard InChI is InChI=1S/C23H26ClN3O5S/c1-30-19-4-3-5-20(31-2)22(19)27-21(25-26-23(27)17-10-12-32-14-17)15-33(28,29)13-11-16-6-8-18(24)9-7-16/h3-9,17H,10-15H2,1-2H3/t17-/m0/s1. The number of sulfone groups is 1. The quantitative estimate of drug-likeness (QED) is 0.451. The molecule has 0 amide bonds. The molecule has 0 bridgehead atoms. The number of nitrogens with zero attached hydrogens (tertiary/aromatic N) is 3. The summed E-state index contributed by atoms with van der Waals surface area (Å²) in [4.78, 5) is 0. The Morgan fingerprint density at radius 3 is 2.39 bits per heavy atom. The van der Waals surface area contributed by atoms with E-state index in [1.807, 2.05) is 18.2 Å². The van der Waals surface area contributed by atoms with Crippen LogP contribution in [0.5, 0.6) is 11.5 Å². The van der Waals surface area contributed by atoms with Crippen LogP contribution in [0.1, 0.15) is 29.6 Å². The van der Waals surface area contributed by atoms with Gasteiger partial charge in [-0.05, 0) is 42.7 Å². The number of benzene rings is 2. The van der Waals surface area contributed by atoms with Gasteiger partial charge in [-0.15, -0.1) is 10.2 Å². The van der Waals surface area contributed by atoms with E-state index in [0.717, 1.165) is 12.0 Å². The van der Waals surface area contributed by atoms with Crippen LogP contribution in [0.25, 0.3) is 5.69 Å². The van der Waals surface area contributed by atoms with Gasteiger partial charge in [0.25, 0.3) is 0 Å². The molecule has 3 aromatic rings. The number of aryl methyl sites for hydroxylation is 1. The molecule has 2 heterocycles. The molecule has 1 atom stereocenters. The summed E-state index contributed by atoms with van der Waals surface area (Å²) in [5.41, 5.74) is 1.48. The van der Waals surface area contributed by atoms with E-state index in [0.29, 0.717) is 53.5 Å². The first-order valence-corrected chi connectivity index (χ1v) is 12.8. The van der Waals surface area contributed by atoms with Gasteiger partial charge in [0, 0.05) is 17.5 Å². The van der Waals surface area contributed by atoms with E-state index < -0.39 is 9.84 Å². The van der Waals surface area contributed by atoms with Crippen LogP contribution in [0.4, 0.5) is 0 Å². The number of halogens is 1. The van der Waals surface area contributed by atoms with E-state index in [-0.39, 0.29) is 17.4 Å². The maximum absolute atomic E-state index is 13.1. The molecule has 0 saturated carbocycles. The lowest BCUT2D eigenvalue weighted by molar-refractivity contribution is 0.193. The topological polar surface area (TPSA) is 92.5 Å². The van der Waals surface area contributed by atoms with Crippen LogP contribution >= 0.6 is 11.6 Å². The molecule has 4 rings (SSSR count). The third-order valence-corrected chi connectivity index (χ3v) is 7.42. The zero-order valence-corrected chi connectivity index (χ0v) is 20.1. The van der Waals surface area contributed by atoms with Gasteiger partial charge in [0.1, 0.15) is 28.8 Å². The molecule has 0 unspecified atom stereocenters. The molecule has 2 aromatic carbocycles. The highest BCUT2D eigenvalue weighted by Gasteiger charge is 2.30. The van der Waals surface area contributed by atoms with E-state index in [9.17, 15) is 8.42 Å². The second kappa shape index (κ2) is 10.1. The number of ether oxygens (including phenoxy) is 3. The Labute approximate surface area is 198 Å². The molecule has 33 heavy (non-hydrogen) atoms. The summed E-state index contributed by atoms with van der Waals surface area (Å²) >= 11 is 5.92. The summed E-state index contributed by atoms with van der Waals surface area (Å²) in [6.45, 7) is 1.12. The van der Waals surface area contributed by atoms with Crippen LogP contribution in [-0.2, 0) is 26.7 Å². The zero-order valence-electron chi connectivity index (χ0n) is 18.5. The third-order valence-electron chi connectivity index (χ3n) is 5.64. The summed E-state index contributed by atoms with van der Waals surface area (Å²) < 4.78 is 44.6. The zero-order chi connectivity index (χ0) is 23.4. The number of methoxy groups -OCH3 is 2. The highest BCUT2D eigenvalue weighted by molar-refractivity contribution is 7.90. The van der Waals surface area contributed by atoms with Crippen molar-refractivity contribution in [2.75, 3.05) is 33.2 Å². The number of hydrogen-bond acceptors (Lipinski definition) is 7. The van der Waals surface area contributed by atoms with E-state index in [1.165, 1.54) is 0 Å². The Balaban J connectivity index is 1.70. The van der Waals surface area contributed by atoms with Crippen LogP contribution in [0.2, 0.25) is 5.02 Å². The van der Waals surface area contributed by atoms with Crippen LogP contribution in [0.3, 0.4) is 0 Å². The summed E-state index contributed by atoms with van der Waals surface area (Å²) in [5, 5.41) is 9.28. The first-order valence-electron chi connectivity index (χ1n) is 10.6. The van der Waals surface area contributed by atoms with Gasteiger partial charge < -0.3 is 14.2 Å². The highest BCUT2D eigenvalue weighted by atomic mass is 35.5. The number of hydrogen-bond donors (Lipinski definition) is 0. The summed E-state index contributed by atoms with van der Waals surface area (Å²) in [7, 11) is -0.374. The van der Waals surface area contributed by atoms with E-state index in [1.54, 1.807) is 43.1 Å². The average molecular weight is 492 g/mol. The number of rotatable bonds is 9. The van der Waals surface area contributed by atoms with Gasteiger partial charge in [-0.25, -0.2) is 8.42 Å². The van der Waals surface area contributed by atoms with Crippen molar-refractivity contribution in [1.82, 2.24) is 14.8 Å². The van der Waals surface area contributed by atoms with Gasteiger partial charge in [-0.1, -0.05) is 29.8 Å². The van der Waals surface area contributed by atoms with Crippen molar-refractivity contribution in [3.05, 3.63) is 64.7 Å². The molecule has 0 spiro atoms. The molecule has 1 aromatic heterocycles.